The van der Waals surface area contributed by atoms with E-state index in [1.54, 1.807) is 30.3 Å². The molecule has 3 aromatic carbocycles. The zero-order valence-corrected chi connectivity index (χ0v) is 23.2. The number of nitrogens with one attached hydrogen (secondary N) is 3. The fourth-order valence-electron chi connectivity index (χ4n) is 4.27. The zero-order chi connectivity index (χ0) is 30.7. The van der Waals surface area contributed by atoms with Crippen molar-refractivity contribution in [3.05, 3.63) is 120 Å². The van der Waals surface area contributed by atoms with Crippen LogP contribution in [0.1, 0.15) is 43.2 Å². The lowest BCUT2D eigenvalue weighted by Gasteiger charge is -2.15. The lowest BCUT2D eigenvalue weighted by Crippen LogP contribution is -2.37. The molecule has 2 aromatic heterocycles. The van der Waals surface area contributed by atoms with Gasteiger partial charge in [-0.05, 0) is 65.6 Å². The Labute approximate surface area is 247 Å². The van der Waals surface area contributed by atoms with Crippen molar-refractivity contribution in [1.82, 2.24) is 25.2 Å². The number of carbonyl (C=O) groups excluding carboxylic acids is 1. The number of rotatable bonds is 12. The monoisotopic (exact) mass is 597 g/mol. The van der Waals surface area contributed by atoms with Gasteiger partial charge < -0.3 is 25.6 Å². The van der Waals surface area contributed by atoms with Crippen LogP contribution in [-0.2, 0) is 19.6 Å². The number of carboxylic acid groups (broad SMARTS) is 1. The molecular weight excluding hydrogens is 574 g/mol. The highest BCUT2D eigenvalue weighted by molar-refractivity contribution is 7.71. The normalized spacial score (nSPS) is 10.9. The van der Waals surface area contributed by atoms with Crippen molar-refractivity contribution in [1.29, 1.82) is 0 Å². The summed E-state index contributed by atoms with van der Waals surface area (Å²) in [5.41, 5.74) is 2.41. The van der Waals surface area contributed by atoms with Gasteiger partial charge >= 0.3 is 10.8 Å². The molecule has 0 bridgehead atoms. The summed E-state index contributed by atoms with van der Waals surface area (Å²) >= 11 is 5.25. The first-order chi connectivity index (χ1) is 20.7. The van der Waals surface area contributed by atoms with Gasteiger partial charge in [0.15, 0.2) is 0 Å². The predicted molar refractivity (Wildman–Crippen MR) is 161 cm³/mol. The number of aliphatic imine (C=N–C) groups is 1. The summed E-state index contributed by atoms with van der Waals surface area (Å²) in [7, 11) is 0. The van der Waals surface area contributed by atoms with Crippen LogP contribution in [0.3, 0.4) is 0 Å². The van der Waals surface area contributed by atoms with Gasteiger partial charge in [0.25, 0.3) is 11.7 Å². The Hall–Kier alpha value is -5.76. The third kappa shape index (κ3) is 5.99. The Morgan fingerprint density at radius 2 is 1.77 bits per heavy atom. The number of amides is 1. The summed E-state index contributed by atoms with van der Waals surface area (Å²) in [6.45, 7) is 7.96. The van der Waals surface area contributed by atoms with E-state index in [2.05, 4.69) is 44.4 Å². The van der Waals surface area contributed by atoms with Gasteiger partial charge in [-0.25, -0.2) is 14.2 Å². The van der Waals surface area contributed by atoms with Crippen molar-refractivity contribution in [3.8, 4) is 0 Å². The Bertz CT molecular complexity index is 2040. The second-order valence-electron chi connectivity index (χ2n) is 9.35. The Kier molecular flexibility index (Phi) is 8.03. The summed E-state index contributed by atoms with van der Waals surface area (Å²) in [5.74, 6) is -1.48. The number of aromatic nitrogens is 3. The quantitative estimate of drug-likeness (QED) is 0.0943. The highest BCUT2D eigenvalue weighted by Gasteiger charge is 2.20. The number of anilines is 2. The Morgan fingerprint density at radius 1 is 1.02 bits per heavy atom. The fraction of sp³-hybridized carbons (Fsp3) is 0.103. The van der Waals surface area contributed by atoms with E-state index in [-0.39, 0.29) is 40.6 Å². The van der Waals surface area contributed by atoms with Crippen LogP contribution in [0.2, 0.25) is 0 Å². The van der Waals surface area contributed by atoms with Crippen LogP contribution in [0.5, 0.6) is 0 Å². The number of hydrogen-bond acceptors (Lipinski definition) is 11. The number of carboxylic acids is 1. The van der Waals surface area contributed by atoms with Gasteiger partial charge in [-0.3, -0.25) is 19.4 Å². The van der Waals surface area contributed by atoms with Crippen molar-refractivity contribution in [2.45, 2.75) is 19.6 Å². The molecule has 0 aliphatic carbocycles. The molecule has 0 unspecified atom stereocenters. The highest BCUT2D eigenvalue weighted by Crippen LogP contribution is 2.20. The molecule has 0 aliphatic heterocycles. The molecule has 0 atom stereocenters. The molecule has 5 rings (SSSR count). The van der Waals surface area contributed by atoms with E-state index in [1.165, 1.54) is 22.6 Å². The summed E-state index contributed by atoms with van der Waals surface area (Å²) in [4.78, 5) is 55.8. The van der Waals surface area contributed by atoms with Gasteiger partial charge in [-0.2, -0.15) is 0 Å². The van der Waals surface area contributed by atoms with Crippen LogP contribution in [-0.4, -0.2) is 38.2 Å². The number of carbonyl (C=O) groups is 2. The van der Waals surface area contributed by atoms with E-state index in [1.807, 2.05) is 6.07 Å². The second kappa shape index (κ2) is 12.0. The first-order valence-electron chi connectivity index (χ1n) is 12.7. The summed E-state index contributed by atoms with van der Waals surface area (Å²) in [6, 6.07) is 14.8. The maximum atomic E-state index is 13.0. The molecule has 0 saturated carbocycles. The van der Waals surface area contributed by atoms with E-state index in [0.717, 1.165) is 5.56 Å². The zero-order valence-electron chi connectivity index (χ0n) is 22.4. The lowest BCUT2D eigenvalue weighted by molar-refractivity contribution is 0.0696. The first kappa shape index (κ1) is 28.8. The molecule has 14 heteroatoms. The summed E-state index contributed by atoms with van der Waals surface area (Å²) in [6.07, 6.45) is 0. The third-order valence-electron chi connectivity index (χ3n) is 6.50. The van der Waals surface area contributed by atoms with Crippen molar-refractivity contribution in [2.24, 2.45) is 4.99 Å². The fourth-order valence-corrected chi connectivity index (χ4v) is 4.48. The molecule has 0 saturated heterocycles. The number of aromatic carboxylic acids is 1. The van der Waals surface area contributed by atoms with E-state index in [4.69, 9.17) is 21.8 Å². The van der Waals surface area contributed by atoms with Crippen LogP contribution in [0, 0.1) is 4.84 Å². The second-order valence-corrected chi connectivity index (χ2v) is 9.70. The average molecular weight is 598 g/mol. The minimum atomic E-state index is -1.04. The molecule has 4 N–H and O–H groups in total. The van der Waals surface area contributed by atoms with Crippen molar-refractivity contribution >= 4 is 53.7 Å². The summed E-state index contributed by atoms with van der Waals surface area (Å²) < 4.78 is 6.55. The molecule has 5 aromatic rings. The smallest absolute Gasteiger partial charge is 0.335 e. The molecule has 0 fully saturated rings. The molecular formula is C29H23N7O6S. The number of fused-ring (bicyclic) bond motifs is 1. The Balaban J connectivity index is 1.30. The first-order valence-corrected chi connectivity index (χ1v) is 13.1. The molecule has 0 spiro atoms. The van der Waals surface area contributed by atoms with Gasteiger partial charge in [0, 0.05) is 18.8 Å². The molecule has 216 valence electrons. The molecule has 1 amide bonds. The maximum absolute atomic E-state index is 13.0. The van der Waals surface area contributed by atoms with Crippen LogP contribution in [0.15, 0.2) is 80.3 Å². The van der Waals surface area contributed by atoms with E-state index < -0.39 is 22.7 Å². The van der Waals surface area contributed by atoms with E-state index >= 15 is 0 Å². The molecule has 13 nitrogen and oxygen atoms in total. The molecule has 0 radical (unpaired) electrons. The minimum absolute atomic E-state index is 0.00920. The van der Waals surface area contributed by atoms with Crippen molar-refractivity contribution in [3.63, 3.8) is 0 Å². The number of benzene rings is 2. The van der Waals surface area contributed by atoms with Crippen molar-refractivity contribution in [2.75, 3.05) is 5.32 Å². The Morgan fingerprint density at radius 3 is 2.49 bits per heavy atom. The van der Waals surface area contributed by atoms with E-state index in [9.17, 15) is 19.2 Å². The minimum Gasteiger partial charge on any atom is -0.478 e. The highest BCUT2D eigenvalue weighted by atomic mass is 32.1. The van der Waals surface area contributed by atoms with Gasteiger partial charge in [-0.15, -0.1) is 0 Å². The maximum Gasteiger partial charge on any atom is 0.335 e. The van der Waals surface area contributed by atoms with Gasteiger partial charge in [0.1, 0.15) is 5.69 Å². The van der Waals surface area contributed by atoms with Crippen LogP contribution >= 0.6 is 12.2 Å². The van der Waals surface area contributed by atoms with Gasteiger partial charge in [0.2, 0.25) is 10.9 Å². The predicted octanol–water partition coefficient (Wildman–Crippen LogP) is 2.98. The molecule has 0 aliphatic rings. The average Bonchev–Trinajstić information content (AvgIpc) is 3.40. The van der Waals surface area contributed by atoms with Crippen LogP contribution < -0.4 is 26.8 Å². The number of nitrogens with zero attached hydrogens (tertiary/aromatic N) is 4. The molecule has 2 heterocycles. The SMILES string of the molecule is C=NCc1c(Nc2cccc(CNC(=C)c3cc(C(=O)NCc4ccc(C(=O)O)cc4)nc4noc(=S)n34)c2)c(=O)c1=O. The molecule has 43 heavy (non-hydrogen) atoms. The number of hydrogen-bond donors (Lipinski definition) is 4. The van der Waals surface area contributed by atoms with Crippen LogP contribution in [0.4, 0.5) is 11.4 Å². The van der Waals surface area contributed by atoms with Crippen LogP contribution in [0.25, 0.3) is 11.5 Å². The largest absolute Gasteiger partial charge is 0.478 e. The standard InChI is InChI=1S/C29H23N7O6S/c1-15(31-13-17-4-3-5-19(10-17)33-23-20(14-30-2)24(37)25(23)38)22-11-21(34-28-35-42-29(43)36(22)28)26(39)32-12-16-6-8-18(9-7-16)27(40)41/h3-11,31,33H,1-2,12-14H2,(H,32,39)(H,40,41). The summed E-state index contributed by atoms with van der Waals surface area (Å²) in [5, 5.41) is 21.8. The van der Waals surface area contributed by atoms with E-state index in [0.29, 0.717) is 34.8 Å². The van der Waals surface area contributed by atoms with Gasteiger partial charge in [-0.1, -0.05) is 30.8 Å². The van der Waals surface area contributed by atoms with Crippen molar-refractivity contribution < 1.29 is 19.2 Å². The third-order valence-corrected chi connectivity index (χ3v) is 6.76. The van der Waals surface area contributed by atoms with Gasteiger partial charge in [0.05, 0.1) is 34.8 Å². The topological polar surface area (TPSA) is 180 Å². The lowest BCUT2D eigenvalue weighted by atomic mass is 10.1.